The lowest BCUT2D eigenvalue weighted by Gasteiger charge is -2.52. The molecule has 1 aliphatic carbocycles. The van der Waals surface area contributed by atoms with Crippen molar-refractivity contribution in [3.8, 4) is 0 Å². The van der Waals surface area contributed by atoms with Crippen molar-refractivity contribution in [3.05, 3.63) is 35.9 Å². The zero-order valence-electron chi connectivity index (χ0n) is 14.3. The molecule has 2 atom stereocenters. The van der Waals surface area contributed by atoms with Gasteiger partial charge in [-0.3, -0.25) is 9.59 Å². The quantitative estimate of drug-likeness (QED) is 0.887. The van der Waals surface area contributed by atoms with Gasteiger partial charge in [0.25, 0.3) is 0 Å². The summed E-state index contributed by atoms with van der Waals surface area (Å²) in [7, 11) is 0. The molecule has 3 N–H and O–H groups in total. The van der Waals surface area contributed by atoms with Crippen molar-refractivity contribution in [2.24, 2.45) is 11.1 Å². The lowest BCUT2D eigenvalue weighted by Crippen LogP contribution is -2.57. The number of nitrogens with one attached hydrogen (secondary N) is 1. The molecule has 1 aromatic rings. The number of benzene rings is 1. The molecule has 1 saturated heterocycles. The van der Waals surface area contributed by atoms with Gasteiger partial charge in [-0.15, -0.1) is 0 Å². The second-order valence-electron chi connectivity index (χ2n) is 7.10. The Morgan fingerprint density at radius 3 is 2.42 bits per heavy atom. The zero-order chi connectivity index (χ0) is 17.2. The lowest BCUT2D eigenvalue weighted by atomic mass is 9.59. The highest BCUT2D eigenvalue weighted by Gasteiger charge is 2.47. The van der Waals surface area contributed by atoms with Crippen molar-refractivity contribution in [1.82, 2.24) is 10.2 Å². The molecule has 2 fully saturated rings. The van der Waals surface area contributed by atoms with Crippen LogP contribution in [0.1, 0.15) is 50.6 Å². The summed E-state index contributed by atoms with van der Waals surface area (Å²) in [6, 6.07) is 9.19. The normalized spacial score (nSPS) is 23.4. The first-order valence-corrected chi connectivity index (χ1v) is 8.94. The summed E-state index contributed by atoms with van der Waals surface area (Å²) in [6.45, 7) is 3.26. The number of hydrogen-bond donors (Lipinski definition) is 2. The minimum atomic E-state index is -0.595. The summed E-state index contributed by atoms with van der Waals surface area (Å²) in [5.41, 5.74) is 7.28. The predicted molar refractivity (Wildman–Crippen MR) is 93.1 cm³/mol. The molecule has 0 radical (unpaired) electrons. The van der Waals surface area contributed by atoms with Crippen molar-refractivity contribution < 1.29 is 9.59 Å². The van der Waals surface area contributed by atoms with Crippen LogP contribution >= 0.6 is 0 Å². The molecule has 2 aliphatic rings. The van der Waals surface area contributed by atoms with Gasteiger partial charge in [-0.2, -0.15) is 0 Å². The Hall–Kier alpha value is -1.88. The highest BCUT2D eigenvalue weighted by Crippen LogP contribution is 2.48. The van der Waals surface area contributed by atoms with Crippen LogP contribution < -0.4 is 11.1 Å². The van der Waals surface area contributed by atoms with E-state index in [-0.39, 0.29) is 17.2 Å². The molecule has 1 aromatic carbocycles. The number of nitrogens with two attached hydrogens (primary N) is 1. The van der Waals surface area contributed by atoms with Crippen LogP contribution in [0.15, 0.2) is 30.3 Å². The maximum absolute atomic E-state index is 13.0. The van der Waals surface area contributed by atoms with E-state index < -0.39 is 6.04 Å². The van der Waals surface area contributed by atoms with E-state index in [1.165, 1.54) is 6.42 Å². The largest absolute Gasteiger partial charge is 0.341 e. The first kappa shape index (κ1) is 17.0. The molecule has 1 heterocycles. The summed E-state index contributed by atoms with van der Waals surface area (Å²) < 4.78 is 0. The minimum absolute atomic E-state index is 0.00857. The molecule has 3 rings (SSSR count). The molecule has 1 spiro atoms. The van der Waals surface area contributed by atoms with Crippen LogP contribution in [0.25, 0.3) is 0 Å². The fourth-order valence-electron chi connectivity index (χ4n) is 3.89. The van der Waals surface area contributed by atoms with Gasteiger partial charge in [-0.25, -0.2) is 0 Å². The maximum atomic E-state index is 13.0. The van der Waals surface area contributed by atoms with Crippen LogP contribution in [-0.2, 0) is 9.59 Å². The van der Waals surface area contributed by atoms with E-state index in [1.807, 2.05) is 35.2 Å². The lowest BCUT2D eigenvalue weighted by molar-refractivity contribution is -0.140. The summed E-state index contributed by atoms with van der Waals surface area (Å²) in [4.78, 5) is 26.8. The SMILES string of the molecule is CCC(=O)NC(C(=O)N1CCC2(CCC2N)CC1)c1ccccc1. The van der Waals surface area contributed by atoms with Gasteiger partial charge in [0.1, 0.15) is 6.04 Å². The number of rotatable bonds is 4. The molecule has 0 aromatic heterocycles. The number of piperidine rings is 1. The van der Waals surface area contributed by atoms with E-state index in [0.717, 1.165) is 37.9 Å². The third-order valence-corrected chi connectivity index (χ3v) is 5.82. The molecule has 5 nitrogen and oxygen atoms in total. The third kappa shape index (κ3) is 3.18. The highest BCUT2D eigenvalue weighted by molar-refractivity contribution is 5.88. The predicted octanol–water partition coefficient (Wildman–Crippen LogP) is 1.98. The molecule has 2 amide bonds. The van der Waals surface area contributed by atoms with Crippen molar-refractivity contribution in [2.45, 2.75) is 51.1 Å². The van der Waals surface area contributed by atoms with Crippen LogP contribution in [0, 0.1) is 5.41 Å². The van der Waals surface area contributed by atoms with Gasteiger partial charge in [0.2, 0.25) is 11.8 Å². The maximum Gasteiger partial charge on any atom is 0.249 e. The molecule has 5 heteroatoms. The summed E-state index contributed by atoms with van der Waals surface area (Å²) in [5.74, 6) is -0.113. The second-order valence-corrected chi connectivity index (χ2v) is 7.10. The van der Waals surface area contributed by atoms with Gasteiger partial charge < -0.3 is 16.0 Å². The summed E-state index contributed by atoms with van der Waals surface area (Å²) in [5, 5.41) is 2.88. The van der Waals surface area contributed by atoms with E-state index >= 15 is 0 Å². The Morgan fingerprint density at radius 2 is 1.92 bits per heavy atom. The molecule has 0 bridgehead atoms. The number of carbonyl (C=O) groups excluding carboxylic acids is 2. The fourth-order valence-corrected chi connectivity index (χ4v) is 3.89. The Labute approximate surface area is 143 Å². The van der Waals surface area contributed by atoms with Gasteiger partial charge in [0, 0.05) is 25.6 Å². The van der Waals surface area contributed by atoms with E-state index in [1.54, 1.807) is 6.92 Å². The van der Waals surface area contributed by atoms with E-state index in [4.69, 9.17) is 5.73 Å². The highest BCUT2D eigenvalue weighted by atomic mass is 16.2. The second kappa shape index (κ2) is 6.93. The van der Waals surface area contributed by atoms with Crippen molar-refractivity contribution in [2.75, 3.05) is 13.1 Å². The number of hydrogen-bond acceptors (Lipinski definition) is 3. The van der Waals surface area contributed by atoms with Crippen molar-refractivity contribution >= 4 is 11.8 Å². The Balaban J connectivity index is 1.71. The summed E-state index contributed by atoms with van der Waals surface area (Å²) >= 11 is 0. The topological polar surface area (TPSA) is 75.4 Å². The van der Waals surface area contributed by atoms with Crippen molar-refractivity contribution in [1.29, 1.82) is 0 Å². The van der Waals surface area contributed by atoms with E-state index in [2.05, 4.69) is 5.32 Å². The van der Waals surface area contributed by atoms with Crippen LogP contribution in [-0.4, -0.2) is 35.8 Å². The number of likely N-dealkylation sites (tertiary alicyclic amines) is 1. The summed E-state index contributed by atoms with van der Waals surface area (Å²) in [6.07, 6.45) is 4.61. The van der Waals surface area contributed by atoms with Crippen molar-refractivity contribution in [3.63, 3.8) is 0 Å². The van der Waals surface area contributed by atoms with Gasteiger partial charge in [0.15, 0.2) is 0 Å². The Morgan fingerprint density at radius 1 is 1.25 bits per heavy atom. The fraction of sp³-hybridized carbons (Fsp3) is 0.579. The molecular formula is C19H27N3O2. The number of carbonyl (C=O) groups is 2. The van der Waals surface area contributed by atoms with Crippen LogP contribution in [0.5, 0.6) is 0 Å². The van der Waals surface area contributed by atoms with Gasteiger partial charge in [-0.1, -0.05) is 37.3 Å². The first-order chi connectivity index (χ1) is 11.6. The smallest absolute Gasteiger partial charge is 0.249 e. The van der Waals surface area contributed by atoms with E-state index in [0.29, 0.717) is 12.5 Å². The third-order valence-electron chi connectivity index (χ3n) is 5.82. The monoisotopic (exact) mass is 329 g/mol. The van der Waals surface area contributed by atoms with E-state index in [9.17, 15) is 9.59 Å². The zero-order valence-corrected chi connectivity index (χ0v) is 14.3. The average Bonchev–Trinajstić information content (AvgIpc) is 2.64. The molecule has 1 aliphatic heterocycles. The van der Waals surface area contributed by atoms with Crippen LogP contribution in [0.4, 0.5) is 0 Å². The van der Waals surface area contributed by atoms with Crippen LogP contribution in [0.3, 0.4) is 0 Å². The molecule has 1 saturated carbocycles. The van der Waals surface area contributed by atoms with Gasteiger partial charge >= 0.3 is 0 Å². The molecular weight excluding hydrogens is 302 g/mol. The standard InChI is InChI=1S/C19H27N3O2/c1-2-16(23)21-17(14-6-4-3-5-7-14)18(24)22-12-10-19(11-13-22)9-8-15(19)20/h3-7,15,17H,2,8-13,20H2,1H3,(H,21,23). The first-order valence-electron chi connectivity index (χ1n) is 8.94. The molecule has 24 heavy (non-hydrogen) atoms. The number of nitrogens with zero attached hydrogens (tertiary/aromatic N) is 1. The number of amides is 2. The average molecular weight is 329 g/mol. The molecule has 130 valence electrons. The van der Waals surface area contributed by atoms with Gasteiger partial charge in [0.05, 0.1) is 0 Å². The Kier molecular flexibility index (Phi) is 4.90. The van der Waals surface area contributed by atoms with Gasteiger partial charge in [-0.05, 0) is 36.7 Å². The van der Waals surface area contributed by atoms with Crippen LogP contribution in [0.2, 0.25) is 0 Å². The molecule has 2 unspecified atom stereocenters. The Bertz CT molecular complexity index is 594. The minimum Gasteiger partial charge on any atom is -0.341 e.